The Kier molecular flexibility index (Phi) is 6.28. The molecular weight excluding hydrogens is 481 g/mol. The molecule has 1 amide bonds. The molecule has 9 nitrogen and oxygen atoms in total. The summed E-state index contributed by atoms with van der Waals surface area (Å²) in [6.07, 6.45) is 0.367. The Balaban J connectivity index is 1.53. The molecule has 1 aromatic rings. The van der Waals surface area contributed by atoms with Gasteiger partial charge in [0.05, 0.1) is 18.2 Å². The van der Waals surface area contributed by atoms with E-state index in [0.29, 0.717) is 24.9 Å². The van der Waals surface area contributed by atoms with Crippen LogP contribution in [0.3, 0.4) is 0 Å². The maximum atomic E-state index is 12.6. The third-order valence-electron chi connectivity index (χ3n) is 4.75. The quantitative estimate of drug-likeness (QED) is 0.252. The molecule has 0 unspecified atom stereocenters. The number of benzene rings is 1. The first-order chi connectivity index (χ1) is 13.4. The Hall–Kier alpha value is -2.08. The molecule has 0 bridgehead atoms. The Morgan fingerprint density at radius 1 is 1.32 bits per heavy atom. The molecule has 10 heteroatoms. The number of nitrogens with zero attached hydrogens (tertiary/aromatic N) is 1. The lowest BCUT2D eigenvalue weighted by atomic mass is 10.1. The van der Waals surface area contributed by atoms with Crippen molar-refractivity contribution in [3.63, 3.8) is 0 Å². The van der Waals surface area contributed by atoms with Crippen LogP contribution in [0.2, 0.25) is 0 Å². The minimum atomic E-state index is -0.960. The summed E-state index contributed by atoms with van der Waals surface area (Å²) in [4.78, 5) is 47.3. The average molecular weight is 501 g/mol. The summed E-state index contributed by atoms with van der Waals surface area (Å²) < 4.78 is 10.5. The van der Waals surface area contributed by atoms with E-state index >= 15 is 0 Å². The minimum Gasteiger partial charge on any atom is -0.464 e. The van der Waals surface area contributed by atoms with E-state index in [4.69, 9.17) is 9.47 Å². The number of alkyl halides is 1. The minimum absolute atomic E-state index is 0.00745. The van der Waals surface area contributed by atoms with E-state index in [1.54, 1.807) is 6.92 Å². The van der Waals surface area contributed by atoms with Crippen LogP contribution in [0.1, 0.15) is 30.1 Å². The number of amides is 1. The maximum Gasteiger partial charge on any atom is 0.338 e. The highest BCUT2D eigenvalue weighted by molar-refractivity contribution is 14.1. The standard InChI is InChI=1S/C18H20IN3O6/c1-2-27-17(25)18(8-14(18)19)21-15(23)13-7-12(9-20-13)28-16(24)10-3-5-11(22-26)6-4-10/h3-6,12-14,20H,2,7-9H2,1H3,(H,21,23)/t12-,13+,14-,18-/m1/s1. The third kappa shape index (κ3) is 4.32. The summed E-state index contributed by atoms with van der Waals surface area (Å²) in [5.74, 6) is -1.27. The van der Waals surface area contributed by atoms with Gasteiger partial charge in [-0.2, -0.15) is 0 Å². The van der Waals surface area contributed by atoms with Crippen LogP contribution in [-0.4, -0.2) is 52.6 Å². The molecule has 1 saturated carbocycles. The van der Waals surface area contributed by atoms with Crippen molar-refractivity contribution in [2.75, 3.05) is 13.2 Å². The van der Waals surface area contributed by atoms with Crippen molar-refractivity contribution in [3.8, 4) is 0 Å². The monoisotopic (exact) mass is 501 g/mol. The molecule has 1 saturated heterocycles. The first kappa shape index (κ1) is 20.6. The van der Waals surface area contributed by atoms with Gasteiger partial charge in [0.2, 0.25) is 5.91 Å². The Morgan fingerprint density at radius 3 is 2.57 bits per heavy atom. The second-order valence-corrected chi connectivity index (χ2v) is 8.22. The van der Waals surface area contributed by atoms with Crippen LogP contribution >= 0.6 is 22.6 Å². The number of hydrogen-bond acceptors (Lipinski definition) is 8. The van der Waals surface area contributed by atoms with E-state index < -0.39 is 29.6 Å². The van der Waals surface area contributed by atoms with Crippen LogP contribution in [0.15, 0.2) is 29.4 Å². The first-order valence-corrected chi connectivity index (χ1v) is 10.1. The fraction of sp³-hybridized carbons (Fsp3) is 0.500. The van der Waals surface area contributed by atoms with Gasteiger partial charge in [0.1, 0.15) is 11.8 Å². The number of nitroso groups, excluding NO2 is 1. The second-order valence-electron chi connectivity index (χ2n) is 6.71. The topological polar surface area (TPSA) is 123 Å². The highest BCUT2D eigenvalue weighted by atomic mass is 127. The van der Waals surface area contributed by atoms with Gasteiger partial charge in [0, 0.05) is 16.9 Å². The molecule has 0 aromatic heterocycles. The number of carbonyl (C=O) groups excluding carboxylic acids is 3. The van der Waals surface area contributed by atoms with Gasteiger partial charge in [-0.25, -0.2) is 9.59 Å². The lowest BCUT2D eigenvalue weighted by molar-refractivity contribution is -0.148. The van der Waals surface area contributed by atoms with Crippen molar-refractivity contribution < 1.29 is 23.9 Å². The van der Waals surface area contributed by atoms with Crippen molar-refractivity contribution in [2.24, 2.45) is 5.18 Å². The predicted octanol–water partition coefficient (Wildman–Crippen LogP) is 1.60. The summed E-state index contributed by atoms with van der Waals surface area (Å²) in [5, 5.41) is 8.59. The van der Waals surface area contributed by atoms with Crippen molar-refractivity contribution in [3.05, 3.63) is 34.7 Å². The van der Waals surface area contributed by atoms with Gasteiger partial charge in [-0.1, -0.05) is 22.6 Å². The van der Waals surface area contributed by atoms with Crippen LogP contribution in [0, 0.1) is 4.91 Å². The highest BCUT2D eigenvalue weighted by Gasteiger charge is 2.62. The zero-order valence-electron chi connectivity index (χ0n) is 15.1. The van der Waals surface area contributed by atoms with E-state index in [1.165, 1.54) is 24.3 Å². The van der Waals surface area contributed by atoms with Crippen molar-refractivity contribution in [1.82, 2.24) is 10.6 Å². The molecule has 0 radical (unpaired) electrons. The van der Waals surface area contributed by atoms with Crippen LogP contribution < -0.4 is 10.6 Å². The van der Waals surface area contributed by atoms with E-state index in [9.17, 15) is 19.3 Å². The third-order valence-corrected chi connectivity index (χ3v) is 6.25. The summed E-state index contributed by atoms with van der Waals surface area (Å²) in [7, 11) is 0. The SMILES string of the molecule is CCOC(=O)[C@@]1(NC(=O)[C@@H]2C[C@@H](OC(=O)c3ccc(N=O)cc3)CN2)C[C@H]1I. The molecule has 1 heterocycles. The molecule has 1 aliphatic heterocycles. The smallest absolute Gasteiger partial charge is 0.338 e. The van der Waals surface area contributed by atoms with Gasteiger partial charge in [0.15, 0.2) is 5.54 Å². The zero-order valence-corrected chi connectivity index (χ0v) is 17.3. The number of rotatable bonds is 7. The lowest BCUT2D eigenvalue weighted by Crippen LogP contribution is -2.51. The highest BCUT2D eigenvalue weighted by Crippen LogP contribution is 2.44. The zero-order chi connectivity index (χ0) is 20.3. The van der Waals surface area contributed by atoms with E-state index in [1.807, 2.05) is 0 Å². The van der Waals surface area contributed by atoms with Crippen LogP contribution in [0.5, 0.6) is 0 Å². The molecule has 1 aromatic carbocycles. The van der Waals surface area contributed by atoms with Crippen molar-refractivity contribution in [2.45, 2.75) is 41.4 Å². The van der Waals surface area contributed by atoms with E-state index in [2.05, 4.69) is 38.4 Å². The van der Waals surface area contributed by atoms with E-state index in [0.717, 1.165) is 0 Å². The number of nitrogens with one attached hydrogen (secondary N) is 2. The number of ether oxygens (including phenoxy) is 2. The van der Waals surface area contributed by atoms with Crippen LogP contribution in [-0.2, 0) is 19.1 Å². The molecule has 4 atom stereocenters. The fourth-order valence-electron chi connectivity index (χ4n) is 3.05. The first-order valence-electron chi connectivity index (χ1n) is 8.90. The Morgan fingerprint density at radius 2 is 2.00 bits per heavy atom. The Bertz CT molecular complexity index is 786. The largest absolute Gasteiger partial charge is 0.464 e. The van der Waals surface area contributed by atoms with Gasteiger partial charge >= 0.3 is 11.9 Å². The lowest BCUT2D eigenvalue weighted by Gasteiger charge is -2.19. The van der Waals surface area contributed by atoms with Crippen molar-refractivity contribution in [1.29, 1.82) is 0 Å². The summed E-state index contributed by atoms with van der Waals surface area (Å²) in [6, 6.07) is 5.22. The summed E-state index contributed by atoms with van der Waals surface area (Å²) >= 11 is 2.12. The molecule has 2 N–H and O–H groups in total. The predicted molar refractivity (Wildman–Crippen MR) is 107 cm³/mol. The number of esters is 2. The fourth-order valence-corrected chi connectivity index (χ4v) is 4.16. The van der Waals surface area contributed by atoms with Gasteiger partial charge in [-0.3, -0.25) is 4.79 Å². The average Bonchev–Trinajstić information content (AvgIpc) is 3.12. The molecular formula is C18H20IN3O6. The molecule has 150 valence electrons. The van der Waals surface area contributed by atoms with Gasteiger partial charge in [0.25, 0.3) is 0 Å². The molecule has 2 fully saturated rings. The molecule has 2 aliphatic rings. The number of carbonyl (C=O) groups is 3. The number of hydrogen-bond donors (Lipinski definition) is 2. The molecule has 0 spiro atoms. The van der Waals surface area contributed by atoms with E-state index in [-0.39, 0.29) is 22.1 Å². The van der Waals surface area contributed by atoms with Gasteiger partial charge in [-0.05, 0) is 42.8 Å². The molecule has 28 heavy (non-hydrogen) atoms. The van der Waals surface area contributed by atoms with Crippen molar-refractivity contribution >= 4 is 46.1 Å². The maximum absolute atomic E-state index is 12.6. The number of halogens is 1. The second kappa shape index (κ2) is 8.52. The van der Waals surface area contributed by atoms with Crippen LogP contribution in [0.4, 0.5) is 5.69 Å². The molecule has 3 rings (SSSR count). The summed E-state index contributed by atoms with van der Waals surface area (Å²) in [6.45, 7) is 2.31. The normalized spacial score (nSPS) is 28.3. The van der Waals surface area contributed by atoms with Gasteiger partial charge in [-0.15, -0.1) is 4.91 Å². The molecule has 1 aliphatic carbocycles. The van der Waals surface area contributed by atoms with Gasteiger partial charge < -0.3 is 20.1 Å². The Labute approximate surface area is 175 Å². The van der Waals surface area contributed by atoms with Crippen LogP contribution in [0.25, 0.3) is 0 Å². The summed E-state index contributed by atoms with van der Waals surface area (Å²) in [5.41, 5.74) is -0.439.